The first-order valence-corrected chi connectivity index (χ1v) is 7.05. The van der Waals surface area contributed by atoms with Gasteiger partial charge in [0.1, 0.15) is 17.3 Å². The van der Waals surface area contributed by atoms with Crippen LogP contribution in [0.4, 0.5) is 10.2 Å². The van der Waals surface area contributed by atoms with Crippen LogP contribution in [0.25, 0.3) is 22.4 Å². The van der Waals surface area contributed by atoms with E-state index in [9.17, 15) is 4.39 Å². The van der Waals surface area contributed by atoms with E-state index in [1.165, 1.54) is 10.7 Å². The van der Waals surface area contributed by atoms with Gasteiger partial charge in [0.25, 0.3) is 0 Å². The van der Waals surface area contributed by atoms with Crippen molar-refractivity contribution in [3.63, 3.8) is 0 Å². The van der Waals surface area contributed by atoms with Crippen molar-refractivity contribution in [1.82, 2.24) is 14.8 Å². The normalized spacial score (nSPS) is 10.8. The fourth-order valence-electron chi connectivity index (χ4n) is 2.20. The van der Waals surface area contributed by atoms with E-state index in [2.05, 4.69) is 26.0 Å². The minimum absolute atomic E-state index is 0.346. The van der Waals surface area contributed by atoms with Crippen LogP contribution in [0.2, 0.25) is 0 Å². The van der Waals surface area contributed by atoms with Gasteiger partial charge in [-0.3, -0.25) is 9.67 Å². The Morgan fingerprint density at radius 3 is 2.81 bits per heavy atom. The topological polar surface area (TPSA) is 56.7 Å². The highest BCUT2D eigenvalue weighted by Crippen LogP contribution is 2.37. The third-order valence-corrected chi connectivity index (χ3v) is 3.72. The van der Waals surface area contributed by atoms with Crippen LogP contribution in [0.5, 0.6) is 0 Å². The summed E-state index contributed by atoms with van der Waals surface area (Å²) in [7, 11) is 1.73. The number of pyridine rings is 1. The number of aromatic nitrogens is 3. The minimum Gasteiger partial charge on any atom is -0.383 e. The quantitative estimate of drug-likeness (QED) is 0.770. The molecular weight excluding hydrogens is 335 g/mol. The van der Waals surface area contributed by atoms with Crippen LogP contribution in [0.15, 0.2) is 47.2 Å². The first-order valence-electron chi connectivity index (χ1n) is 6.26. The molecule has 0 unspecified atom stereocenters. The van der Waals surface area contributed by atoms with Gasteiger partial charge >= 0.3 is 0 Å². The van der Waals surface area contributed by atoms with Gasteiger partial charge in [-0.05, 0) is 24.3 Å². The molecule has 0 atom stereocenters. The number of hydrogen-bond acceptors (Lipinski definition) is 3. The van der Waals surface area contributed by atoms with Crippen molar-refractivity contribution in [3.05, 3.63) is 53.0 Å². The molecule has 2 aromatic heterocycles. The maximum Gasteiger partial charge on any atom is 0.132 e. The fraction of sp³-hybridized carbons (Fsp3) is 0.0667. The summed E-state index contributed by atoms with van der Waals surface area (Å²) in [5.41, 5.74) is 8.49. The number of nitrogens with two attached hydrogens (primary N) is 1. The second kappa shape index (κ2) is 5.29. The number of halogens is 2. The van der Waals surface area contributed by atoms with Gasteiger partial charge in [-0.25, -0.2) is 4.39 Å². The zero-order valence-corrected chi connectivity index (χ0v) is 12.8. The van der Waals surface area contributed by atoms with Crippen LogP contribution < -0.4 is 5.73 Å². The Morgan fingerprint density at radius 2 is 2.10 bits per heavy atom. The largest absolute Gasteiger partial charge is 0.383 e. The molecule has 0 bridgehead atoms. The van der Waals surface area contributed by atoms with E-state index in [0.717, 1.165) is 10.0 Å². The van der Waals surface area contributed by atoms with Crippen molar-refractivity contribution >= 4 is 21.7 Å². The lowest BCUT2D eigenvalue weighted by Gasteiger charge is -2.05. The van der Waals surface area contributed by atoms with Crippen LogP contribution in [-0.4, -0.2) is 14.8 Å². The number of aryl methyl sites for hydroxylation is 1. The summed E-state index contributed by atoms with van der Waals surface area (Å²) >= 11 is 3.35. The third kappa shape index (κ3) is 2.42. The molecule has 6 heteroatoms. The molecule has 0 aliphatic rings. The Morgan fingerprint density at radius 1 is 1.29 bits per heavy atom. The number of nitrogen functional groups attached to an aromatic ring is 1. The first-order chi connectivity index (χ1) is 10.1. The van der Waals surface area contributed by atoms with Gasteiger partial charge in [0.05, 0.1) is 5.56 Å². The average Bonchev–Trinajstić information content (AvgIpc) is 2.78. The van der Waals surface area contributed by atoms with E-state index in [0.29, 0.717) is 22.6 Å². The van der Waals surface area contributed by atoms with Gasteiger partial charge in [0.2, 0.25) is 0 Å². The van der Waals surface area contributed by atoms with Crippen LogP contribution in [0, 0.1) is 5.82 Å². The molecule has 106 valence electrons. The van der Waals surface area contributed by atoms with Crippen molar-refractivity contribution in [2.24, 2.45) is 7.05 Å². The van der Waals surface area contributed by atoms with Gasteiger partial charge in [-0.15, -0.1) is 0 Å². The molecule has 0 aliphatic carbocycles. The van der Waals surface area contributed by atoms with Crippen molar-refractivity contribution in [2.45, 2.75) is 0 Å². The molecule has 4 nitrogen and oxygen atoms in total. The average molecular weight is 347 g/mol. The van der Waals surface area contributed by atoms with Crippen LogP contribution in [-0.2, 0) is 7.05 Å². The Hall–Kier alpha value is -2.21. The highest BCUT2D eigenvalue weighted by atomic mass is 79.9. The summed E-state index contributed by atoms with van der Waals surface area (Å²) in [5.74, 6) is 0.124. The summed E-state index contributed by atoms with van der Waals surface area (Å²) in [6, 6.07) is 8.42. The standard InChI is InChI=1S/C15H12BrFN4/c1-21-15(18)13(9-3-2-6-19-8-9)14(20-21)11-7-10(16)4-5-12(11)17/h2-8H,18H2,1H3. The predicted octanol–water partition coefficient (Wildman–Crippen LogP) is 3.63. The fourth-order valence-corrected chi connectivity index (χ4v) is 2.56. The van der Waals surface area contributed by atoms with E-state index in [1.54, 1.807) is 31.6 Å². The summed E-state index contributed by atoms with van der Waals surface area (Å²) in [6.45, 7) is 0. The molecule has 2 heterocycles. The van der Waals surface area contributed by atoms with Gasteiger partial charge in [0.15, 0.2) is 0 Å². The highest BCUT2D eigenvalue weighted by Gasteiger charge is 2.20. The van der Waals surface area contributed by atoms with E-state index >= 15 is 0 Å². The van der Waals surface area contributed by atoms with Crippen molar-refractivity contribution < 1.29 is 4.39 Å². The molecule has 0 amide bonds. The Kier molecular flexibility index (Phi) is 3.47. The maximum absolute atomic E-state index is 14.2. The minimum atomic E-state index is -0.346. The molecule has 0 saturated heterocycles. The number of rotatable bonds is 2. The molecular formula is C15H12BrFN4. The Balaban J connectivity index is 2.29. The number of hydrogen-bond donors (Lipinski definition) is 1. The predicted molar refractivity (Wildman–Crippen MR) is 83.9 cm³/mol. The molecule has 2 N–H and O–H groups in total. The molecule has 21 heavy (non-hydrogen) atoms. The zero-order valence-electron chi connectivity index (χ0n) is 11.2. The van der Waals surface area contributed by atoms with Gasteiger partial charge < -0.3 is 5.73 Å². The molecule has 0 fully saturated rings. The van der Waals surface area contributed by atoms with E-state index in [1.807, 2.05) is 12.1 Å². The number of nitrogens with zero attached hydrogens (tertiary/aromatic N) is 3. The zero-order chi connectivity index (χ0) is 15.0. The second-order valence-electron chi connectivity index (χ2n) is 4.60. The summed E-state index contributed by atoms with van der Waals surface area (Å²) in [6.07, 6.45) is 3.36. The van der Waals surface area contributed by atoms with Crippen LogP contribution in [0.1, 0.15) is 0 Å². The summed E-state index contributed by atoms with van der Waals surface area (Å²) in [5, 5.41) is 4.36. The summed E-state index contributed by atoms with van der Waals surface area (Å²) < 4.78 is 16.5. The van der Waals surface area contributed by atoms with Gasteiger partial charge in [0, 0.05) is 35.0 Å². The number of anilines is 1. The monoisotopic (exact) mass is 346 g/mol. The molecule has 0 saturated carbocycles. The van der Waals surface area contributed by atoms with Gasteiger partial charge in [-0.2, -0.15) is 5.10 Å². The Bertz CT molecular complexity index is 799. The van der Waals surface area contributed by atoms with E-state index < -0.39 is 0 Å². The lowest BCUT2D eigenvalue weighted by Crippen LogP contribution is -1.98. The van der Waals surface area contributed by atoms with Gasteiger partial charge in [-0.1, -0.05) is 22.0 Å². The van der Waals surface area contributed by atoms with Crippen LogP contribution in [0.3, 0.4) is 0 Å². The molecule has 1 aromatic carbocycles. The summed E-state index contributed by atoms with van der Waals surface area (Å²) in [4.78, 5) is 4.09. The second-order valence-corrected chi connectivity index (χ2v) is 5.51. The van der Waals surface area contributed by atoms with Crippen molar-refractivity contribution in [3.8, 4) is 22.4 Å². The molecule has 0 spiro atoms. The number of benzene rings is 1. The maximum atomic E-state index is 14.2. The third-order valence-electron chi connectivity index (χ3n) is 3.23. The van der Waals surface area contributed by atoms with E-state index in [-0.39, 0.29) is 5.82 Å². The van der Waals surface area contributed by atoms with Crippen molar-refractivity contribution in [1.29, 1.82) is 0 Å². The molecule has 3 aromatic rings. The first kappa shape index (κ1) is 13.8. The SMILES string of the molecule is Cn1nc(-c2cc(Br)ccc2F)c(-c2cccnc2)c1N. The molecule has 0 aliphatic heterocycles. The Labute approximate surface area is 129 Å². The van der Waals surface area contributed by atoms with E-state index in [4.69, 9.17) is 5.73 Å². The van der Waals surface area contributed by atoms with Crippen molar-refractivity contribution in [2.75, 3.05) is 5.73 Å². The smallest absolute Gasteiger partial charge is 0.132 e. The highest BCUT2D eigenvalue weighted by molar-refractivity contribution is 9.10. The lowest BCUT2D eigenvalue weighted by molar-refractivity contribution is 0.629. The molecule has 3 rings (SSSR count). The van der Waals surface area contributed by atoms with Crippen LogP contribution >= 0.6 is 15.9 Å². The lowest BCUT2D eigenvalue weighted by atomic mass is 10.0. The molecule has 0 radical (unpaired) electrons.